The molecule has 1 aromatic carbocycles. The lowest BCUT2D eigenvalue weighted by Gasteiger charge is -2.10. The van der Waals surface area contributed by atoms with Crippen LogP contribution in [0, 0.1) is 19.3 Å². The van der Waals surface area contributed by atoms with E-state index < -0.39 is 0 Å². The fourth-order valence-electron chi connectivity index (χ4n) is 2.18. The van der Waals surface area contributed by atoms with E-state index >= 15 is 0 Å². The first-order chi connectivity index (χ1) is 10.1. The molecule has 0 aliphatic rings. The number of fused-ring (bicyclic) bond motifs is 1. The highest BCUT2D eigenvalue weighted by atomic mass is 32.2. The zero-order valence-electron chi connectivity index (χ0n) is 11.8. The van der Waals surface area contributed by atoms with Crippen molar-refractivity contribution in [1.29, 1.82) is 5.41 Å². The minimum atomic E-state index is 0.0177. The van der Waals surface area contributed by atoms with Crippen molar-refractivity contribution in [3.8, 4) is 0 Å². The summed E-state index contributed by atoms with van der Waals surface area (Å²) in [6.07, 6.45) is 0. The summed E-state index contributed by atoms with van der Waals surface area (Å²) in [6.45, 7) is 3.78. The minimum Gasteiger partial charge on any atom is -0.384 e. The van der Waals surface area contributed by atoms with Gasteiger partial charge >= 0.3 is 0 Å². The number of H-pyrrole nitrogens is 1. The number of nitrogens with two attached hydrogens (primary N) is 1. The molecule has 4 N–H and O–H groups in total. The molecule has 0 fully saturated rings. The van der Waals surface area contributed by atoms with Gasteiger partial charge in [-0.15, -0.1) is 5.10 Å². The van der Waals surface area contributed by atoms with E-state index in [1.165, 1.54) is 11.8 Å². The minimum absolute atomic E-state index is 0.0177. The molecule has 0 aliphatic carbocycles. The SMILES string of the molecule is Cc1nnc(Sc2cc3ccccc3[nH]2)c(C(=N)N)c1C. The molecule has 2 aromatic heterocycles. The molecule has 21 heavy (non-hydrogen) atoms. The van der Waals surface area contributed by atoms with Crippen LogP contribution in [0.2, 0.25) is 0 Å². The van der Waals surface area contributed by atoms with E-state index in [-0.39, 0.29) is 5.84 Å². The summed E-state index contributed by atoms with van der Waals surface area (Å²) in [7, 11) is 0. The van der Waals surface area contributed by atoms with E-state index in [0.29, 0.717) is 10.6 Å². The number of nitrogens with zero attached hydrogens (tertiary/aromatic N) is 2. The first-order valence-corrected chi connectivity index (χ1v) is 7.32. The van der Waals surface area contributed by atoms with E-state index in [4.69, 9.17) is 11.1 Å². The van der Waals surface area contributed by atoms with Crippen LogP contribution < -0.4 is 5.73 Å². The zero-order valence-corrected chi connectivity index (χ0v) is 12.6. The monoisotopic (exact) mass is 297 g/mol. The maximum Gasteiger partial charge on any atom is 0.136 e. The van der Waals surface area contributed by atoms with Crippen molar-refractivity contribution in [2.45, 2.75) is 23.9 Å². The quantitative estimate of drug-likeness (QED) is 0.512. The van der Waals surface area contributed by atoms with Gasteiger partial charge in [0.2, 0.25) is 0 Å². The lowest BCUT2D eigenvalue weighted by molar-refractivity contribution is 0.871. The molecular weight excluding hydrogens is 282 g/mol. The predicted molar refractivity (Wildman–Crippen MR) is 84.9 cm³/mol. The van der Waals surface area contributed by atoms with Crippen molar-refractivity contribution >= 4 is 28.5 Å². The van der Waals surface area contributed by atoms with Crippen molar-refractivity contribution in [3.63, 3.8) is 0 Å². The number of nitrogens with one attached hydrogen (secondary N) is 2. The van der Waals surface area contributed by atoms with Crippen LogP contribution in [0.1, 0.15) is 16.8 Å². The van der Waals surface area contributed by atoms with Gasteiger partial charge in [-0.1, -0.05) is 18.2 Å². The Bertz CT molecular complexity index is 804. The lowest BCUT2D eigenvalue weighted by Crippen LogP contribution is -2.16. The lowest BCUT2D eigenvalue weighted by atomic mass is 10.1. The Morgan fingerprint density at radius 2 is 2.00 bits per heavy atom. The maximum atomic E-state index is 7.77. The van der Waals surface area contributed by atoms with E-state index in [1.807, 2.05) is 38.1 Å². The number of para-hydroxylation sites is 1. The van der Waals surface area contributed by atoms with Gasteiger partial charge in [-0.25, -0.2) is 0 Å². The van der Waals surface area contributed by atoms with Gasteiger partial charge in [-0.3, -0.25) is 5.41 Å². The third kappa shape index (κ3) is 2.50. The van der Waals surface area contributed by atoms with Gasteiger partial charge in [0.25, 0.3) is 0 Å². The Morgan fingerprint density at radius 3 is 2.71 bits per heavy atom. The molecule has 0 aliphatic heterocycles. The summed E-state index contributed by atoms with van der Waals surface area (Å²) >= 11 is 1.44. The van der Waals surface area contributed by atoms with E-state index in [9.17, 15) is 0 Å². The fourth-order valence-corrected chi connectivity index (χ4v) is 3.18. The molecule has 3 aromatic rings. The Hall–Kier alpha value is -2.34. The van der Waals surface area contributed by atoms with Crippen LogP contribution in [0.25, 0.3) is 10.9 Å². The summed E-state index contributed by atoms with van der Waals surface area (Å²) in [5, 5.41) is 18.9. The second-order valence-corrected chi connectivity index (χ2v) is 5.86. The Morgan fingerprint density at radius 1 is 1.24 bits per heavy atom. The summed E-state index contributed by atoms with van der Waals surface area (Å²) in [5.41, 5.74) is 9.13. The highest BCUT2D eigenvalue weighted by molar-refractivity contribution is 7.99. The van der Waals surface area contributed by atoms with E-state index in [2.05, 4.69) is 21.2 Å². The van der Waals surface area contributed by atoms with Crippen molar-refractivity contribution in [3.05, 3.63) is 47.2 Å². The van der Waals surface area contributed by atoms with Crippen LogP contribution in [-0.2, 0) is 0 Å². The van der Waals surface area contributed by atoms with Crippen LogP contribution in [0.15, 0.2) is 40.4 Å². The first kappa shape index (κ1) is 13.6. The molecule has 0 radical (unpaired) electrons. The predicted octanol–water partition coefficient (Wildman–Crippen LogP) is 3.01. The van der Waals surface area contributed by atoms with Gasteiger partial charge in [-0.05, 0) is 43.3 Å². The van der Waals surface area contributed by atoms with Crippen molar-refractivity contribution < 1.29 is 0 Å². The van der Waals surface area contributed by atoms with Gasteiger partial charge in [0.1, 0.15) is 10.9 Å². The molecule has 0 saturated carbocycles. The maximum absolute atomic E-state index is 7.77. The molecule has 2 heterocycles. The zero-order chi connectivity index (χ0) is 15.0. The smallest absolute Gasteiger partial charge is 0.136 e. The topological polar surface area (TPSA) is 91.4 Å². The number of nitrogen functional groups attached to an aromatic ring is 1. The van der Waals surface area contributed by atoms with E-state index in [1.54, 1.807) is 0 Å². The van der Waals surface area contributed by atoms with Crippen molar-refractivity contribution in [2.24, 2.45) is 5.73 Å². The average Bonchev–Trinajstić information content (AvgIpc) is 2.85. The van der Waals surface area contributed by atoms with Gasteiger partial charge in [0.05, 0.1) is 16.3 Å². The molecular formula is C15H15N5S. The van der Waals surface area contributed by atoms with Crippen LogP contribution in [0.5, 0.6) is 0 Å². The number of amidine groups is 1. The van der Waals surface area contributed by atoms with Crippen LogP contribution in [0.3, 0.4) is 0 Å². The van der Waals surface area contributed by atoms with Crippen LogP contribution in [-0.4, -0.2) is 21.0 Å². The molecule has 0 atom stereocenters. The molecule has 6 heteroatoms. The number of aromatic amines is 1. The third-order valence-electron chi connectivity index (χ3n) is 3.40. The first-order valence-electron chi connectivity index (χ1n) is 6.50. The summed E-state index contributed by atoms with van der Waals surface area (Å²) in [4.78, 5) is 3.33. The van der Waals surface area contributed by atoms with Gasteiger partial charge < -0.3 is 10.7 Å². The van der Waals surface area contributed by atoms with Crippen LogP contribution in [0.4, 0.5) is 0 Å². The van der Waals surface area contributed by atoms with Crippen molar-refractivity contribution in [2.75, 3.05) is 0 Å². The summed E-state index contributed by atoms with van der Waals surface area (Å²) in [5.74, 6) is 0.0177. The molecule has 0 saturated heterocycles. The van der Waals surface area contributed by atoms with E-state index in [0.717, 1.165) is 27.2 Å². The van der Waals surface area contributed by atoms with Crippen LogP contribution >= 0.6 is 11.8 Å². The van der Waals surface area contributed by atoms with Gasteiger partial charge in [0, 0.05) is 10.9 Å². The second-order valence-electron chi connectivity index (χ2n) is 4.83. The highest BCUT2D eigenvalue weighted by Crippen LogP contribution is 2.31. The van der Waals surface area contributed by atoms with Gasteiger partial charge in [0.15, 0.2) is 0 Å². The number of rotatable bonds is 3. The molecule has 0 bridgehead atoms. The second kappa shape index (κ2) is 5.21. The number of aromatic nitrogens is 3. The molecule has 0 spiro atoms. The molecule has 3 rings (SSSR count). The summed E-state index contributed by atoms with van der Waals surface area (Å²) < 4.78 is 0. The Kier molecular flexibility index (Phi) is 3.39. The molecule has 0 amide bonds. The number of aryl methyl sites for hydroxylation is 1. The average molecular weight is 297 g/mol. The fraction of sp³-hybridized carbons (Fsp3) is 0.133. The molecule has 0 unspecified atom stereocenters. The normalized spacial score (nSPS) is 11.0. The Labute approximate surface area is 126 Å². The number of hydrogen-bond acceptors (Lipinski definition) is 4. The third-order valence-corrected chi connectivity index (χ3v) is 4.32. The highest BCUT2D eigenvalue weighted by Gasteiger charge is 2.15. The standard InChI is InChI=1S/C15H15N5S/c1-8-9(2)19-20-15(13(8)14(16)17)21-12-7-10-5-3-4-6-11(10)18-12/h3-7,18H,1-2H3,(H3,16,17). The largest absolute Gasteiger partial charge is 0.384 e. The van der Waals surface area contributed by atoms with Gasteiger partial charge in [-0.2, -0.15) is 5.10 Å². The molecule has 5 nitrogen and oxygen atoms in total. The molecule has 106 valence electrons. The number of hydrogen-bond donors (Lipinski definition) is 3. The van der Waals surface area contributed by atoms with Crippen molar-refractivity contribution in [1.82, 2.24) is 15.2 Å². The summed E-state index contributed by atoms with van der Waals surface area (Å²) in [6, 6.07) is 10.1. The Balaban J connectivity index is 2.05. The number of benzene rings is 1.